The van der Waals surface area contributed by atoms with Gasteiger partial charge in [0, 0.05) is 34.0 Å². The zero-order valence-corrected chi connectivity index (χ0v) is 27.6. The predicted octanol–water partition coefficient (Wildman–Crippen LogP) is 11.7. The molecule has 0 saturated carbocycles. The Bertz CT molecular complexity index is 2010. The van der Waals surface area contributed by atoms with Gasteiger partial charge in [0.1, 0.15) is 0 Å². The minimum atomic E-state index is 0.119. The van der Waals surface area contributed by atoms with Crippen LogP contribution in [0.25, 0.3) is 44.1 Å². The first-order chi connectivity index (χ1) is 22.3. The Labute approximate surface area is 272 Å². The SMILES string of the molecule is Cc1cccc(C)c1C(C)c1cc(-c2ccccc2)c2ccc3c(-c4ccccc4)cc(C(C)c4c(C)cccc4C)nc3c2n1. The molecule has 0 aliphatic rings. The van der Waals surface area contributed by atoms with E-state index in [1.165, 1.54) is 55.6 Å². The zero-order chi connectivity index (χ0) is 31.9. The maximum absolute atomic E-state index is 5.53. The molecule has 2 heteroatoms. The Morgan fingerprint density at radius 1 is 0.413 bits per heavy atom. The number of aryl methyl sites for hydroxylation is 4. The van der Waals surface area contributed by atoms with Crippen LogP contribution >= 0.6 is 0 Å². The number of rotatable bonds is 6. The van der Waals surface area contributed by atoms with E-state index >= 15 is 0 Å². The Hall–Kier alpha value is -5.08. The van der Waals surface area contributed by atoms with Gasteiger partial charge in [-0.15, -0.1) is 0 Å². The largest absolute Gasteiger partial charge is 0.250 e. The van der Waals surface area contributed by atoms with Crippen LogP contribution in [0.2, 0.25) is 0 Å². The molecule has 0 fully saturated rings. The highest BCUT2D eigenvalue weighted by Gasteiger charge is 2.22. The molecule has 7 aromatic rings. The van der Waals surface area contributed by atoms with Crippen LogP contribution in [0.15, 0.2) is 121 Å². The van der Waals surface area contributed by atoms with Gasteiger partial charge >= 0.3 is 0 Å². The minimum Gasteiger partial charge on any atom is -0.250 e. The van der Waals surface area contributed by atoms with Gasteiger partial charge in [-0.05, 0) is 95.5 Å². The van der Waals surface area contributed by atoms with E-state index in [0.717, 1.165) is 33.2 Å². The lowest BCUT2D eigenvalue weighted by atomic mass is 9.86. The van der Waals surface area contributed by atoms with Crippen molar-refractivity contribution in [3.63, 3.8) is 0 Å². The van der Waals surface area contributed by atoms with Gasteiger partial charge < -0.3 is 0 Å². The molecular formula is C44H40N2. The first-order valence-electron chi connectivity index (χ1n) is 16.3. The molecule has 0 amide bonds. The summed E-state index contributed by atoms with van der Waals surface area (Å²) in [5.41, 5.74) is 16.7. The molecule has 0 bridgehead atoms. The summed E-state index contributed by atoms with van der Waals surface area (Å²) >= 11 is 0. The van der Waals surface area contributed by atoms with Crippen molar-refractivity contribution in [2.45, 2.75) is 53.4 Å². The van der Waals surface area contributed by atoms with Crippen molar-refractivity contribution in [3.05, 3.63) is 166 Å². The van der Waals surface area contributed by atoms with Crippen molar-refractivity contribution in [1.29, 1.82) is 0 Å². The van der Waals surface area contributed by atoms with Gasteiger partial charge in [0.25, 0.3) is 0 Å². The van der Waals surface area contributed by atoms with E-state index in [9.17, 15) is 0 Å². The quantitative estimate of drug-likeness (QED) is 0.178. The van der Waals surface area contributed by atoms with Crippen LogP contribution < -0.4 is 0 Å². The van der Waals surface area contributed by atoms with E-state index in [4.69, 9.17) is 9.97 Å². The van der Waals surface area contributed by atoms with E-state index in [0.29, 0.717) is 0 Å². The van der Waals surface area contributed by atoms with Crippen LogP contribution in [-0.4, -0.2) is 9.97 Å². The Kier molecular flexibility index (Phi) is 7.74. The first-order valence-corrected chi connectivity index (χ1v) is 16.3. The van der Waals surface area contributed by atoms with Crippen molar-refractivity contribution in [3.8, 4) is 22.3 Å². The highest BCUT2D eigenvalue weighted by molar-refractivity contribution is 6.12. The normalized spacial score (nSPS) is 12.8. The van der Waals surface area contributed by atoms with Crippen LogP contribution in [0, 0.1) is 27.7 Å². The number of benzene rings is 5. The maximum atomic E-state index is 5.53. The highest BCUT2D eigenvalue weighted by atomic mass is 14.8. The summed E-state index contributed by atoms with van der Waals surface area (Å²) in [5, 5.41) is 2.25. The van der Waals surface area contributed by atoms with Crippen LogP contribution in [-0.2, 0) is 0 Å². The molecule has 2 aromatic heterocycles. The first kappa shape index (κ1) is 29.6. The summed E-state index contributed by atoms with van der Waals surface area (Å²) in [6.45, 7) is 13.4. The molecule has 0 aliphatic carbocycles. The fourth-order valence-corrected chi connectivity index (χ4v) is 7.49. The molecule has 2 nitrogen and oxygen atoms in total. The lowest BCUT2D eigenvalue weighted by Gasteiger charge is -2.21. The smallest absolute Gasteiger partial charge is 0.0974 e. The van der Waals surface area contributed by atoms with Crippen LogP contribution in [0.1, 0.15) is 70.5 Å². The molecule has 0 aliphatic heterocycles. The fourth-order valence-electron chi connectivity index (χ4n) is 7.49. The van der Waals surface area contributed by atoms with E-state index in [1.54, 1.807) is 0 Å². The Morgan fingerprint density at radius 2 is 0.761 bits per heavy atom. The minimum absolute atomic E-state index is 0.119. The Balaban J connectivity index is 1.57. The number of hydrogen-bond donors (Lipinski definition) is 0. The standard InChI is InChI=1S/C44H40N2/c1-27-15-13-16-28(2)41(27)31(5)39-25-37(33-19-9-7-10-20-33)35-23-24-36-38(34-21-11-8-12-22-34)26-40(46-44(36)43(35)45-39)32(6)42-29(3)17-14-18-30(42)4/h7-26,31-32H,1-6H3. The number of aromatic nitrogens is 2. The number of hydrogen-bond acceptors (Lipinski definition) is 2. The summed E-state index contributed by atoms with van der Waals surface area (Å²) in [6.07, 6.45) is 0. The van der Waals surface area contributed by atoms with Crippen molar-refractivity contribution < 1.29 is 0 Å². The summed E-state index contributed by atoms with van der Waals surface area (Å²) < 4.78 is 0. The van der Waals surface area contributed by atoms with Crippen molar-refractivity contribution >= 4 is 21.8 Å². The molecule has 0 spiro atoms. The van der Waals surface area contributed by atoms with Gasteiger partial charge in [-0.2, -0.15) is 0 Å². The molecule has 0 radical (unpaired) electrons. The van der Waals surface area contributed by atoms with Crippen LogP contribution in [0.5, 0.6) is 0 Å². The second-order valence-electron chi connectivity index (χ2n) is 12.8. The van der Waals surface area contributed by atoms with Gasteiger partial charge in [-0.3, -0.25) is 0 Å². The van der Waals surface area contributed by atoms with Gasteiger partial charge in [0.05, 0.1) is 11.0 Å². The van der Waals surface area contributed by atoms with Crippen LogP contribution in [0.4, 0.5) is 0 Å². The molecule has 2 unspecified atom stereocenters. The topological polar surface area (TPSA) is 25.8 Å². The zero-order valence-electron chi connectivity index (χ0n) is 27.6. The number of nitrogens with zero attached hydrogens (tertiary/aromatic N) is 2. The molecule has 0 saturated heterocycles. The third-order valence-electron chi connectivity index (χ3n) is 9.80. The molecular weight excluding hydrogens is 556 g/mol. The summed E-state index contributed by atoms with van der Waals surface area (Å²) in [6, 6.07) is 43.7. The molecule has 2 atom stereocenters. The van der Waals surface area contributed by atoms with Gasteiger partial charge in [0.15, 0.2) is 0 Å². The van der Waals surface area contributed by atoms with E-state index < -0.39 is 0 Å². The van der Waals surface area contributed by atoms with Crippen molar-refractivity contribution in [1.82, 2.24) is 9.97 Å². The molecule has 0 N–H and O–H groups in total. The second-order valence-corrected chi connectivity index (χ2v) is 12.8. The van der Waals surface area contributed by atoms with Crippen molar-refractivity contribution in [2.24, 2.45) is 0 Å². The second kappa shape index (κ2) is 12.0. The maximum Gasteiger partial charge on any atom is 0.0974 e. The average Bonchev–Trinajstić information content (AvgIpc) is 3.07. The molecule has 5 aromatic carbocycles. The lowest BCUT2D eigenvalue weighted by molar-refractivity contribution is 0.857. The van der Waals surface area contributed by atoms with E-state index in [1.807, 2.05) is 0 Å². The number of pyridine rings is 2. The van der Waals surface area contributed by atoms with Gasteiger partial charge in [-0.25, -0.2) is 9.97 Å². The summed E-state index contributed by atoms with van der Waals surface area (Å²) in [7, 11) is 0. The van der Waals surface area contributed by atoms with Crippen molar-refractivity contribution in [2.75, 3.05) is 0 Å². The number of fused-ring (bicyclic) bond motifs is 3. The molecule has 7 rings (SSSR count). The predicted molar refractivity (Wildman–Crippen MR) is 195 cm³/mol. The highest BCUT2D eigenvalue weighted by Crippen LogP contribution is 2.40. The fraction of sp³-hybridized carbons (Fsp3) is 0.182. The Morgan fingerprint density at radius 3 is 1.11 bits per heavy atom. The van der Waals surface area contributed by atoms with Crippen LogP contribution in [0.3, 0.4) is 0 Å². The van der Waals surface area contributed by atoms with E-state index in [2.05, 4.69) is 163 Å². The third-order valence-corrected chi connectivity index (χ3v) is 9.80. The molecule has 2 heterocycles. The molecule has 226 valence electrons. The monoisotopic (exact) mass is 596 g/mol. The van der Waals surface area contributed by atoms with Gasteiger partial charge in [0.2, 0.25) is 0 Å². The van der Waals surface area contributed by atoms with E-state index in [-0.39, 0.29) is 11.8 Å². The lowest BCUT2D eigenvalue weighted by Crippen LogP contribution is -2.07. The summed E-state index contributed by atoms with van der Waals surface area (Å²) in [5.74, 6) is 0.238. The third kappa shape index (κ3) is 5.18. The van der Waals surface area contributed by atoms with Gasteiger partial charge in [-0.1, -0.05) is 123 Å². The summed E-state index contributed by atoms with van der Waals surface area (Å²) in [4.78, 5) is 11.1. The molecule has 46 heavy (non-hydrogen) atoms. The average molecular weight is 597 g/mol.